The van der Waals surface area contributed by atoms with E-state index < -0.39 is 0 Å². The summed E-state index contributed by atoms with van der Waals surface area (Å²) in [6, 6.07) is 13.7. The number of ether oxygens (including phenoxy) is 2. The lowest BCUT2D eigenvalue weighted by molar-refractivity contribution is -0.119. The SMILES string of the molecule is CC(Oc1cc(-c2ccc(N3CCN(C4COC4)CC3)cc2)cc2ncsc12)C1CNC(=O)C1. The van der Waals surface area contributed by atoms with Crippen LogP contribution in [0.25, 0.3) is 21.3 Å². The highest BCUT2D eigenvalue weighted by atomic mass is 32.1. The van der Waals surface area contributed by atoms with E-state index in [2.05, 4.69) is 63.4 Å². The molecule has 2 unspecified atom stereocenters. The van der Waals surface area contributed by atoms with Gasteiger partial charge in [0.2, 0.25) is 5.91 Å². The molecule has 0 saturated carbocycles. The smallest absolute Gasteiger partial charge is 0.220 e. The Balaban J connectivity index is 1.19. The maximum absolute atomic E-state index is 11.6. The first-order valence-corrected chi connectivity index (χ1v) is 13.0. The van der Waals surface area contributed by atoms with Crippen LogP contribution in [0.5, 0.6) is 5.75 Å². The van der Waals surface area contributed by atoms with Gasteiger partial charge in [-0.25, -0.2) is 4.98 Å². The Bertz CT molecular complexity index is 1170. The van der Waals surface area contributed by atoms with Crippen molar-refractivity contribution in [3.8, 4) is 16.9 Å². The number of aromatic nitrogens is 1. The van der Waals surface area contributed by atoms with Crippen LogP contribution < -0.4 is 15.0 Å². The highest BCUT2D eigenvalue weighted by Crippen LogP contribution is 2.36. The molecule has 3 aromatic rings. The topological polar surface area (TPSA) is 66.9 Å². The van der Waals surface area contributed by atoms with Crippen molar-refractivity contribution < 1.29 is 14.3 Å². The summed E-state index contributed by atoms with van der Waals surface area (Å²) >= 11 is 1.59. The zero-order chi connectivity index (χ0) is 23.1. The molecule has 3 aliphatic heterocycles. The van der Waals surface area contributed by atoms with Crippen molar-refractivity contribution in [2.24, 2.45) is 5.92 Å². The van der Waals surface area contributed by atoms with Gasteiger partial charge in [-0.2, -0.15) is 0 Å². The molecular formula is C26H30N4O3S. The van der Waals surface area contributed by atoms with Gasteiger partial charge in [-0.05, 0) is 42.3 Å². The van der Waals surface area contributed by atoms with Gasteiger partial charge in [0.05, 0.1) is 35.0 Å². The van der Waals surface area contributed by atoms with Crippen LogP contribution in [-0.4, -0.2) is 73.9 Å². The highest BCUT2D eigenvalue weighted by Gasteiger charge is 2.30. The third-order valence-corrected chi connectivity index (χ3v) is 8.26. The van der Waals surface area contributed by atoms with E-state index in [4.69, 9.17) is 9.47 Å². The van der Waals surface area contributed by atoms with Gasteiger partial charge in [-0.3, -0.25) is 9.69 Å². The summed E-state index contributed by atoms with van der Waals surface area (Å²) in [4.78, 5) is 21.2. The Morgan fingerprint density at radius 3 is 2.59 bits per heavy atom. The third-order valence-electron chi connectivity index (χ3n) is 7.40. The summed E-state index contributed by atoms with van der Waals surface area (Å²) in [6.07, 6.45) is 0.476. The summed E-state index contributed by atoms with van der Waals surface area (Å²) in [6.45, 7) is 8.79. The molecule has 8 heteroatoms. The second-order valence-electron chi connectivity index (χ2n) is 9.53. The van der Waals surface area contributed by atoms with Crippen LogP contribution in [0.15, 0.2) is 41.9 Å². The minimum absolute atomic E-state index is 0.0490. The standard InChI is InChI=1S/C26H30N4O3S/c1-17(20-12-25(31)27-13-20)33-24-11-19(10-23-26(24)34-16-28-23)18-2-4-21(5-3-18)29-6-8-30(9-7-29)22-14-32-15-22/h2-5,10-11,16-17,20,22H,6-9,12-15H2,1H3,(H,27,31). The van der Waals surface area contributed by atoms with Crippen LogP contribution in [0.2, 0.25) is 0 Å². The number of carbonyl (C=O) groups is 1. The van der Waals surface area contributed by atoms with E-state index >= 15 is 0 Å². The van der Waals surface area contributed by atoms with E-state index in [9.17, 15) is 4.79 Å². The molecule has 0 bridgehead atoms. The number of rotatable bonds is 6. The molecule has 178 valence electrons. The Morgan fingerprint density at radius 1 is 1.12 bits per heavy atom. The van der Waals surface area contributed by atoms with E-state index in [1.54, 1.807) is 11.3 Å². The summed E-state index contributed by atoms with van der Waals surface area (Å²) in [5, 5.41) is 2.91. The van der Waals surface area contributed by atoms with Crippen molar-refractivity contribution in [2.45, 2.75) is 25.5 Å². The molecule has 34 heavy (non-hydrogen) atoms. The van der Waals surface area contributed by atoms with Crippen molar-refractivity contribution in [1.29, 1.82) is 0 Å². The van der Waals surface area contributed by atoms with Crippen LogP contribution in [-0.2, 0) is 9.53 Å². The summed E-state index contributed by atoms with van der Waals surface area (Å²) in [5.41, 5.74) is 6.34. The van der Waals surface area contributed by atoms with Gasteiger partial charge in [0.25, 0.3) is 0 Å². The second kappa shape index (κ2) is 9.17. The van der Waals surface area contributed by atoms with Crippen LogP contribution in [0.4, 0.5) is 5.69 Å². The number of benzene rings is 2. The molecule has 3 fully saturated rings. The van der Waals surface area contributed by atoms with E-state index in [0.717, 1.165) is 66.5 Å². The molecule has 0 aliphatic carbocycles. The second-order valence-corrected chi connectivity index (χ2v) is 10.4. The van der Waals surface area contributed by atoms with Crippen LogP contribution >= 0.6 is 11.3 Å². The van der Waals surface area contributed by atoms with Crippen molar-refractivity contribution in [1.82, 2.24) is 15.2 Å². The minimum Gasteiger partial charge on any atom is -0.489 e. The number of fused-ring (bicyclic) bond motifs is 1. The highest BCUT2D eigenvalue weighted by molar-refractivity contribution is 7.17. The molecule has 3 aliphatic rings. The number of carbonyl (C=O) groups excluding carboxylic acids is 1. The first-order chi connectivity index (χ1) is 16.6. The van der Waals surface area contributed by atoms with Gasteiger partial charge in [0.15, 0.2) is 0 Å². The molecule has 1 amide bonds. The van der Waals surface area contributed by atoms with Crippen molar-refractivity contribution in [2.75, 3.05) is 50.8 Å². The third kappa shape index (κ3) is 4.26. The fourth-order valence-electron chi connectivity index (χ4n) is 5.09. The van der Waals surface area contributed by atoms with Crippen LogP contribution in [0.1, 0.15) is 13.3 Å². The Hall–Kier alpha value is -2.68. The molecule has 2 atom stereocenters. The first-order valence-electron chi connectivity index (χ1n) is 12.1. The lowest BCUT2D eigenvalue weighted by atomic mass is 10.0. The van der Waals surface area contributed by atoms with Gasteiger partial charge in [0.1, 0.15) is 11.9 Å². The Kier molecular flexibility index (Phi) is 5.89. The molecule has 7 nitrogen and oxygen atoms in total. The van der Waals surface area contributed by atoms with Gasteiger partial charge in [-0.1, -0.05) is 12.1 Å². The average molecular weight is 479 g/mol. The number of nitrogens with zero attached hydrogens (tertiary/aromatic N) is 3. The van der Waals surface area contributed by atoms with Crippen molar-refractivity contribution >= 4 is 33.1 Å². The van der Waals surface area contributed by atoms with Gasteiger partial charge in [0, 0.05) is 50.7 Å². The van der Waals surface area contributed by atoms with Gasteiger partial charge < -0.3 is 19.7 Å². The zero-order valence-electron chi connectivity index (χ0n) is 19.4. The molecule has 3 saturated heterocycles. The normalized spacial score (nSPS) is 22.6. The van der Waals surface area contributed by atoms with E-state index in [1.807, 2.05) is 5.51 Å². The van der Waals surface area contributed by atoms with Crippen molar-refractivity contribution in [3.05, 3.63) is 41.9 Å². The number of anilines is 1. The maximum atomic E-state index is 11.6. The summed E-state index contributed by atoms with van der Waals surface area (Å²) < 4.78 is 12.8. The number of thiazole rings is 1. The molecule has 1 N–H and O–H groups in total. The van der Waals surface area contributed by atoms with E-state index in [0.29, 0.717) is 19.0 Å². The molecular weight excluding hydrogens is 448 g/mol. The number of nitrogens with one attached hydrogen (secondary N) is 1. The minimum atomic E-state index is -0.0490. The van der Waals surface area contributed by atoms with E-state index in [-0.39, 0.29) is 17.9 Å². The molecule has 4 heterocycles. The largest absolute Gasteiger partial charge is 0.489 e. The van der Waals surface area contributed by atoms with Crippen molar-refractivity contribution in [3.63, 3.8) is 0 Å². The zero-order valence-corrected chi connectivity index (χ0v) is 20.2. The van der Waals surface area contributed by atoms with Gasteiger partial charge in [-0.15, -0.1) is 11.3 Å². The maximum Gasteiger partial charge on any atom is 0.220 e. The molecule has 1 aromatic heterocycles. The fraction of sp³-hybridized carbons (Fsp3) is 0.462. The molecule has 2 aromatic carbocycles. The average Bonchev–Trinajstić information content (AvgIpc) is 3.48. The number of hydrogen-bond donors (Lipinski definition) is 1. The Labute approximate surface area is 203 Å². The monoisotopic (exact) mass is 478 g/mol. The van der Waals surface area contributed by atoms with Gasteiger partial charge >= 0.3 is 0 Å². The number of amides is 1. The number of piperazine rings is 1. The summed E-state index contributed by atoms with van der Waals surface area (Å²) in [7, 11) is 0. The predicted octanol–water partition coefficient (Wildman–Crippen LogP) is 3.39. The van der Waals surface area contributed by atoms with Crippen LogP contribution in [0, 0.1) is 5.92 Å². The molecule has 6 rings (SSSR count). The summed E-state index contributed by atoms with van der Waals surface area (Å²) in [5.74, 6) is 1.15. The Morgan fingerprint density at radius 2 is 1.91 bits per heavy atom. The van der Waals surface area contributed by atoms with Crippen LogP contribution in [0.3, 0.4) is 0 Å². The quantitative estimate of drug-likeness (QED) is 0.586. The molecule has 0 radical (unpaired) electrons. The first kappa shape index (κ1) is 21.8. The fourth-order valence-corrected chi connectivity index (χ4v) is 5.82. The predicted molar refractivity (Wildman–Crippen MR) is 135 cm³/mol. The number of hydrogen-bond acceptors (Lipinski definition) is 7. The molecule has 0 spiro atoms. The van der Waals surface area contributed by atoms with E-state index in [1.165, 1.54) is 5.69 Å². The lowest BCUT2D eigenvalue weighted by Crippen LogP contribution is -2.56. The lowest BCUT2D eigenvalue weighted by Gasteiger charge is -2.43.